The highest BCUT2D eigenvalue weighted by Gasteiger charge is 2.48. The first-order chi connectivity index (χ1) is 16.1. The lowest BCUT2D eigenvalue weighted by atomic mass is 10.1. The fraction of sp³-hybridized carbons (Fsp3) is 0.571. The second-order valence-electron chi connectivity index (χ2n) is 8.57. The summed E-state index contributed by atoms with van der Waals surface area (Å²) in [5.74, 6) is 0.516. The molecular formula is C21H25ClN6O5. The number of aromatic amines is 1. The van der Waals surface area contributed by atoms with Gasteiger partial charge in [0.25, 0.3) is 6.01 Å². The van der Waals surface area contributed by atoms with E-state index in [-0.39, 0.29) is 31.0 Å². The lowest BCUT2D eigenvalue weighted by molar-refractivity contribution is 0.00706. The first-order valence-corrected chi connectivity index (χ1v) is 11.5. The Hall–Kier alpha value is -2.44. The van der Waals surface area contributed by atoms with Crippen LogP contribution in [0.4, 0.5) is 5.82 Å². The van der Waals surface area contributed by atoms with Crippen molar-refractivity contribution in [2.45, 2.75) is 56.5 Å². The second kappa shape index (κ2) is 8.73. The van der Waals surface area contributed by atoms with Crippen LogP contribution in [0.25, 0.3) is 11.2 Å². The summed E-state index contributed by atoms with van der Waals surface area (Å²) in [5.41, 5.74) is 2.01. The standard InChI is InChI=1S/C21H25ClN6O5/c22-13-6-14-20(26-21(24-14)33-16-10-32-17-15(29)9-31-18(16)17)25-19(13)23-7-11-3-4-28(27-11)8-12-2-1-5-30-12/h3-4,6,12,15-18,29H,1-2,5,7-10H2,(H2,23,24,25,26)/t12?,15-,16-,17-,18-/m1/s1. The molecule has 1 unspecified atom stereocenters. The summed E-state index contributed by atoms with van der Waals surface area (Å²) in [7, 11) is 0. The van der Waals surface area contributed by atoms with Gasteiger partial charge in [0.1, 0.15) is 24.1 Å². The van der Waals surface area contributed by atoms with E-state index < -0.39 is 6.10 Å². The van der Waals surface area contributed by atoms with E-state index in [0.717, 1.165) is 31.7 Å². The molecule has 0 amide bonds. The molecule has 11 nitrogen and oxygen atoms in total. The number of aliphatic hydroxyl groups excluding tert-OH is 1. The van der Waals surface area contributed by atoms with Crippen LogP contribution in [-0.4, -0.2) is 80.2 Å². The number of rotatable bonds is 7. The molecule has 0 radical (unpaired) electrons. The van der Waals surface area contributed by atoms with Crippen LogP contribution >= 0.6 is 11.6 Å². The second-order valence-corrected chi connectivity index (χ2v) is 8.98. The van der Waals surface area contributed by atoms with E-state index in [1.54, 1.807) is 6.07 Å². The van der Waals surface area contributed by atoms with E-state index in [4.69, 9.17) is 30.5 Å². The molecule has 6 heterocycles. The summed E-state index contributed by atoms with van der Waals surface area (Å²) < 4.78 is 24.7. The van der Waals surface area contributed by atoms with Crippen molar-refractivity contribution in [3.63, 3.8) is 0 Å². The zero-order chi connectivity index (χ0) is 22.4. The van der Waals surface area contributed by atoms with Gasteiger partial charge in [-0.2, -0.15) is 10.1 Å². The van der Waals surface area contributed by atoms with Crippen LogP contribution in [0.5, 0.6) is 6.01 Å². The van der Waals surface area contributed by atoms with Crippen LogP contribution < -0.4 is 10.1 Å². The number of halogens is 1. The maximum Gasteiger partial charge on any atom is 0.296 e. The smallest absolute Gasteiger partial charge is 0.296 e. The summed E-state index contributed by atoms with van der Waals surface area (Å²) in [5, 5.41) is 18.2. The van der Waals surface area contributed by atoms with Crippen molar-refractivity contribution in [1.29, 1.82) is 0 Å². The van der Waals surface area contributed by atoms with E-state index >= 15 is 0 Å². The quantitative estimate of drug-likeness (QED) is 0.464. The molecule has 12 heteroatoms. The molecule has 3 fully saturated rings. The molecule has 0 bridgehead atoms. The number of pyridine rings is 1. The fourth-order valence-electron chi connectivity index (χ4n) is 4.53. The molecule has 176 valence electrons. The molecule has 3 aliphatic heterocycles. The van der Waals surface area contributed by atoms with Gasteiger partial charge in [-0.1, -0.05) is 11.6 Å². The Labute approximate surface area is 194 Å². The number of aromatic nitrogens is 5. The monoisotopic (exact) mass is 476 g/mol. The van der Waals surface area contributed by atoms with Crippen LogP contribution in [0.3, 0.4) is 0 Å². The van der Waals surface area contributed by atoms with E-state index in [9.17, 15) is 5.11 Å². The molecule has 3 aliphatic rings. The molecule has 0 aliphatic carbocycles. The number of nitrogens with one attached hydrogen (secondary N) is 2. The summed E-state index contributed by atoms with van der Waals surface area (Å²) in [6.45, 7) is 2.64. The Kier molecular flexibility index (Phi) is 5.59. The number of hydrogen-bond acceptors (Lipinski definition) is 9. The average molecular weight is 477 g/mol. The number of ether oxygens (including phenoxy) is 4. The van der Waals surface area contributed by atoms with Crippen LogP contribution in [0, 0.1) is 0 Å². The van der Waals surface area contributed by atoms with E-state index in [1.807, 2.05) is 16.9 Å². The van der Waals surface area contributed by atoms with Crippen molar-refractivity contribution in [3.8, 4) is 6.01 Å². The third kappa shape index (κ3) is 4.26. The van der Waals surface area contributed by atoms with Gasteiger partial charge in [0.2, 0.25) is 0 Å². The number of fused-ring (bicyclic) bond motifs is 2. The number of imidazole rings is 1. The average Bonchev–Trinajstić information content (AvgIpc) is 3.60. The molecule has 0 saturated carbocycles. The molecular weight excluding hydrogens is 452 g/mol. The maximum atomic E-state index is 9.88. The van der Waals surface area contributed by atoms with Crippen molar-refractivity contribution >= 4 is 28.6 Å². The van der Waals surface area contributed by atoms with Crippen molar-refractivity contribution in [3.05, 3.63) is 29.0 Å². The highest BCUT2D eigenvalue weighted by molar-refractivity contribution is 6.33. The number of H-pyrrole nitrogens is 1. The van der Waals surface area contributed by atoms with Crippen LogP contribution in [0.1, 0.15) is 18.5 Å². The van der Waals surface area contributed by atoms with Gasteiger partial charge in [0.15, 0.2) is 11.8 Å². The van der Waals surface area contributed by atoms with Crippen molar-refractivity contribution in [1.82, 2.24) is 24.7 Å². The van der Waals surface area contributed by atoms with Crippen LogP contribution in [0.15, 0.2) is 18.3 Å². The van der Waals surface area contributed by atoms with Gasteiger partial charge >= 0.3 is 0 Å². The Morgan fingerprint density at radius 3 is 3.03 bits per heavy atom. The zero-order valence-electron chi connectivity index (χ0n) is 17.8. The van der Waals surface area contributed by atoms with E-state index in [1.165, 1.54) is 0 Å². The molecule has 5 atom stereocenters. The predicted molar refractivity (Wildman–Crippen MR) is 117 cm³/mol. The third-order valence-corrected chi connectivity index (χ3v) is 6.49. The molecule has 6 rings (SSSR count). The predicted octanol–water partition coefficient (Wildman–Crippen LogP) is 1.50. The first kappa shape index (κ1) is 21.1. The first-order valence-electron chi connectivity index (χ1n) is 11.1. The van der Waals surface area contributed by atoms with Gasteiger partial charge in [-0.25, -0.2) is 4.98 Å². The van der Waals surface area contributed by atoms with Gasteiger partial charge in [0, 0.05) is 12.8 Å². The normalized spacial score (nSPS) is 29.1. The topological polar surface area (TPSA) is 129 Å². The number of anilines is 1. The number of nitrogens with zero attached hydrogens (tertiary/aromatic N) is 4. The molecule has 33 heavy (non-hydrogen) atoms. The summed E-state index contributed by atoms with van der Waals surface area (Å²) in [6, 6.07) is 4.03. The Balaban J connectivity index is 1.11. The largest absolute Gasteiger partial charge is 0.456 e. The minimum Gasteiger partial charge on any atom is -0.456 e. The van der Waals surface area contributed by atoms with Gasteiger partial charge < -0.3 is 34.4 Å². The maximum absolute atomic E-state index is 9.88. The van der Waals surface area contributed by atoms with Gasteiger partial charge in [-0.15, -0.1) is 0 Å². The highest BCUT2D eigenvalue weighted by Crippen LogP contribution is 2.31. The third-order valence-electron chi connectivity index (χ3n) is 6.20. The number of aliphatic hydroxyl groups is 1. The SMILES string of the molecule is O[C@@H]1CO[C@H]2[C@@H]1OC[C@H]2Oc1nc2nc(NCc3ccn(CC4CCCO4)n3)c(Cl)cc2[nH]1. The molecule has 0 aromatic carbocycles. The number of hydrogen-bond donors (Lipinski definition) is 3. The molecule has 3 N–H and O–H groups in total. The lowest BCUT2D eigenvalue weighted by Gasteiger charge is -2.15. The summed E-state index contributed by atoms with van der Waals surface area (Å²) in [6.07, 6.45) is 2.72. The molecule has 0 spiro atoms. The van der Waals surface area contributed by atoms with E-state index in [2.05, 4.69) is 25.4 Å². The summed E-state index contributed by atoms with van der Waals surface area (Å²) >= 11 is 6.43. The van der Waals surface area contributed by atoms with Gasteiger partial charge in [0.05, 0.1) is 48.6 Å². The van der Waals surface area contributed by atoms with Crippen LogP contribution in [0.2, 0.25) is 5.02 Å². The molecule has 3 aromatic heterocycles. The molecule has 3 saturated heterocycles. The minimum atomic E-state index is -0.629. The Morgan fingerprint density at radius 2 is 2.15 bits per heavy atom. The lowest BCUT2D eigenvalue weighted by Crippen LogP contribution is -2.34. The minimum absolute atomic E-state index is 0.243. The molecule has 3 aromatic rings. The van der Waals surface area contributed by atoms with Crippen molar-refractivity contribution in [2.75, 3.05) is 25.1 Å². The highest BCUT2D eigenvalue weighted by atomic mass is 35.5. The Morgan fingerprint density at radius 1 is 1.24 bits per heavy atom. The summed E-state index contributed by atoms with van der Waals surface area (Å²) in [4.78, 5) is 12.0. The van der Waals surface area contributed by atoms with Gasteiger partial charge in [-0.05, 0) is 25.0 Å². The zero-order valence-corrected chi connectivity index (χ0v) is 18.6. The Bertz CT molecular complexity index is 1130. The van der Waals surface area contributed by atoms with Crippen molar-refractivity contribution in [2.24, 2.45) is 0 Å². The van der Waals surface area contributed by atoms with E-state index in [0.29, 0.717) is 41.2 Å². The van der Waals surface area contributed by atoms with Crippen molar-refractivity contribution < 1.29 is 24.1 Å². The fourth-order valence-corrected chi connectivity index (χ4v) is 4.75. The van der Waals surface area contributed by atoms with Crippen LogP contribution in [-0.2, 0) is 27.3 Å². The van der Waals surface area contributed by atoms with Gasteiger partial charge in [-0.3, -0.25) is 4.68 Å².